The normalized spacial score (nSPS) is 10.5. The van der Waals surface area contributed by atoms with Crippen LogP contribution < -0.4 is 0 Å². The second kappa shape index (κ2) is 5.00. The predicted octanol–water partition coefficient (Wildman–Crippen LogP) is 3.99. The molecule has 4 heteroatoms. The molecule has 0 saturated heterocycles. The molecule has 0 atom stereocenters. The molecule has 2 nitrogen and oxygen atoms in total. The van der Waals surface area contributed by atoms with Crippen LogP contribution in [0, 0.1) is 0 Å². The van der Waals surface area contributed by atoms with Crippen molar-refractivity contribution in [3.05, 3.63) is 46.4 Å². The average molecular weight is 266 g/mol. The Bertz CT molecular complexity index is 545. The van der Waals surface area contributed by atoms with Gasteiger partial charge in [-0.25, -0.2) is 4.98 Å². The van der Waals surface area contributed by atoms with E-state index in [2.05, 4.69) is 11.6 Å². The van der Waals surface area contributed by atoms with Crippen molar-refractivity contribution in [3.63, 3.8) is 0 Å². The minimum absolute atomic E-state index is 0.0632. The van der Waals surface area contributed by atoms with Crippen molar-refractivity contribution in [1.82, 2.24) is 4.98 Å². The van der Waals surface area contributed by atoms with Crippen LogP contribution in [0.25, 0.3) is 16.1 Å². The number of aliphatic hydroxyl groups excluding tert-OH is 1. The standard InChI is InChI=1S/C13H12ClNOS/c1-8(2)12-11(7-16)15-13(17-12)9-3-5-10(14)6-4-9/h3-6,16H,1,7H2,2H3. The van der Waals surface area contributed by atoms with Gasteiger partial charge in [0.2, 0.25) is 0 Å². The lowest BCUT2D eigenvalue weighted by atomic mass is 10.2. The zero-order chi connectivity index (χ0) is 12.4. The number of nitrogens with zero attached hydrogens (tertiary/aromatic N) is 1. The molecule has 0 aliphatic carbocycles. The molecule has 0 saturated carbocycles. The molecular weight excluding hydrogens is 254 g/mol. The third-order valence-electron chi connectivity index (χ3n) is 2.33. The highest BCUT2D eigenvalue weighted by atomic mass is 35.5. The smallest absolute Gasteiger partial charge is 0.124 e. The van der Waals surface area contributed by atoms with Gasteiger partial charge >= 0.3 is 0 Å². The van der Waals surface area contributed by atoms with E-state index in [-0.39, 0.29) is 6.61 Å². The molecule has 2 rings (SSSR count). The fourth-order valence-corrected chi connectivity index (χ4v) is 2.64. The molecule has 2 aromatic rings. The summed E-state index contributed by atoms with van der Waals surface area (Å²) in [5, 5.41) is 10.8. The van der Waals surface area contributed by atoms with E-state index in [1.54, 1.807) is 0 Å². The SMILES string of the molecule is C=C(C)c1sc(-c2ccc(Cl)cc2)nc1CO. The second-order valence-electron chi connectivity index (χ2n) is 3.74. The highest BCUT2D eigenvalue weighted by Gasteiger charge is 2.12. The van der Waals surface area contributed by atoms with Gasteiger partial charge in [-0.3, -0.25) is 0 Å². The van der Waals surface area contributed by atoms with E-state index in [1.165, 1.54) is 11.3 Å². The van der Waals surface area contributed by atoms with Crippen molar-refractivity contribution in [3.8, 4) is 10.6 Å². The van der Waals surface area contributed by atoms with Crippen LogP contribution in [0.2, 0.25) is 5.02 Å². The van der Waals surface area contributed by atoms with Gasteiger partial charge < -0.3 is 5.11 Å². The van der Waals surface area contributed by atoms with Gasteiger partial charge in [0, 0.05) is 10.6 Å². The maximum absolute atomic E-state index is 9.25. The molecule has 88 valence electrons. The molecular formula is C13H12ClNOS. The molecule has 0 unspecified atom stereocenters. The van der Waals surface area contributed by atoms with E-state index in [0.717, 1.165) is 21.0 Å². The number of aromatic nitrogens is 1. The topological polar surface area (TPSA) is 33.1 Å². The van der Waals surface area contributed by atoms with E-state index in [1.807, 2.05) is 31.2 Å². The van der Waals surface area contributed by atoms with Crippen LogP contribution in [0.3, 0.4) is 0 Å². The molecule has 0 radical (unpaired) electrons. The fourth-order valence-electron chi connectivity index (χ4n) is 1.51. The summed E-state index contributed by atoms with van der Waals surface area (Å²) in [5.41, 5.74) is 2.61. The average Bonchev–Trinajstić information content (AvgIpc) is 2.74. The van der Waals surface area contributed by atoms with Crippen LogP contribution in [0.1, 0.15) is 17.5 Å². The minimum Gasteiger partial charge on any atom is -0.390 e. The molecule has 0 fully saturated rings. The molecule has 0 amide bonds. The lowest BCUT2D eigenvalue weighted by Crippen LogP contribution is -1.87. The Balaban J connectivity index is 2.46. The summed E-state index contributed by atoms with van der Waals surface area (Å²) in [6, 6.07) is 7.50. The van der Waals surface area contributed by atoms with E-state index in [0.29, 0.717) is 10.7 Å². The fraction of sp³-hybridized carbons (Fsp3) is 0.154. The number of thiazole rings is 1. The summed E-state index contributed by atoms with van der Waals surface area (Å²) in [4.78, 5) is 5.37. The van der Waals surface area contributed by atoms with Crippen LogP contribution in [0.15, 0.2) is 30.8 Å². The Labute approximate surface area is 109 Å². The number of hydrogen-bond donors (Lipinski definition) is 1. The van der Waals surface area contributed by atoms with E-state index in [9.17, 15) is 5.11 Å². The molecule has 17 heavy (non-hydrogen) atoms. The minimum atomic E-state index is -0.0632. The molecule has 0 aliphatic rings. The number of aliphatic hydroxyl groups is 1. The van der Waals surface area contributed by atoms with Crippen molar-refractivity contribution < 1.29 is 5.11 Å². The zero-order valence-corrected chi connectivity index (χ0v) is 11.0. The van der Waals surface area contributed by atoms with Crippen molar-refractivity contribution in [2.24, 2.45) is 0 Å². The Morgan fingerprint density at radius 2 is 2.06 bits per heavy atom. The largest absolute Gasteiger partial charge is 0.390 e. The van der Waals surface area contributed by atoms with E-state index < -0.39 is 0 Å². The lowest BCUT2D eigenvalue weighted by Gasteiger charge is -1.95. The summed E-state index contributed by atoms with van der Waals surface area (Å²) in [6.07, 6.45) is 0. The number of halogens is 1. The highest BCUT2D eigenvalue weighted by molar-refractivity contribution is 7.16. The van der Waals surface area contributed by atoms with Gasteiger partial charge in [-0.15, -0.1) is 11.3 Å². The molecule has 0 spiro atoms. The van der Waals surface area contributed by atoms with E-state index >= 15 is 0 Å². The third-order valence-corrected chi connectivity index (χ3v) is 3.89. The van der Waals surface area contributed by atoms with Gasteiger partial charge in [-0.2, -0.15) is 0 Å². The van der Waals surface area contributed by atoms with Crippen LogP contribution in [0.4, 0.5) is 0 Å². The maximum Gasteiger partial charge on any atom is 0.124 e. The number of allylic oxidation sites excluding steroid dienone is 1. The third kappa shape index (κ3) is 2.57. The summed E-state index contributed by atoms with van der Waals surface area (Å²) in [7, 11) is 0. The Hall–Kier alpha value is -1.16. The van der Waals surface area contributed by atoms with Crippen molar-refractivity contribution in [2.75, 3.05) is 0 Å². The number of hydrogen-bond acceptors (Lipinski definition) is 3. The van der Waals surface area contributed by atoms with Gasteiger partial charge in [-0.1, -0.05) is 30.3 Å². The summed E-state index contributed by atoms with van der Waals surface area (Å²) in [5.74, 6) is 0. The van der Waals surface area contributed by atoms with Crippen LogP contribution >= 0.6 is 22.9 Å². The summed E-state index contributed by atoms with van der Waals surface area (Å²) >= 11 is 7.38. The van der Waals surface area contributed by atoms with Gasteiger partial charge in [0.05, 0.1) is 17.2 Å². The Morgan fingerprint density at radius 1 is 1.41 bits per heavy atom. The van der Waals surface area contributed by atoms with Crippen molar-refractivity contribution in [2.45, 2.75) is 13.5 Å². The van der Waals surface area contributed by atoms with Crippen LogP contribution in [0.5, 0.6) is 0 Å². The van der Waals surface area contributed by atoms with Crippen molar-refractivity contribution >= 4 is 28.5 Å². The Kier molecular flexibility index (Phi) is 3.62. The highest BCUT2D eigenvalue weighted by Crippen LogP contribution is 2.32. The first-order valence-corrected chi connectivity index (χ1v) is 6.33. The number of rotatable bonds is 3. The lowest BCUT2D eigenvalue weighted by molar-refractivity contribution is 0.277. The summed E-state index contributed by atoms with van der Waals surface area (Å²) < 4.78 is 0. The first-order valence-electron chi connectivity index (χ1n) is 5.14. The molecule has 1 aromatic carbocycles. The zero-order valence-electron chi connectivity index (χ0n) is 9.40. The first kappa shape index (κ1) is 12.3. The van der Waals surface area contributed by atoms with Gasteiger partial charge in [0.25, 0.3) is 0 Å². The van der Waals surface area contributed by atoms with Gasteiger partial charge in [0.1, 0.15) is 5.01 Å². The monoisotopic (exact) mass is 265 g/mol. The molecule has 0 bridgehead atoms. The molecule has 1 N–H and O–H groups in total. The second-order valence-corrected chi connectivity index (χ2v) is 5.18. The summed E-state index contributed by atoms with van der Waals surface area (Å²) in [6.45, 7) is 5.75. The molecule has 1 aromatic heterocycles. The number of benzene rings is 1. The Morgan fingerprint density at radius 3 is 2.53 bits per heavy atom. The quantitative estimate of drug-likeness (QED) is 0.910. The first-order chi connectivity index (χ1) is 8.11. The predicted molar refractivity (Wildman–Crippen MR) is 73.2 cm³/mol. The molecule has 1 heterocycles. The van der Waals surface area contributed by atoms with Crippen LogP contribution in [-0.2, 0) is 6.61 Å². The molecule has 0 aliphatic heterocycles. The van der Waals surface area contributed by atoms with Gasteiger partial charge in [0.15, 0.2) is 0 Å². The van der Waals surface area contributed by atoms with Crippen molar-refractivity contribution in [1.29, 1.82) is 0 Å². The maximum atomic E-state index is 9.25. The van der Waals surface area contributed by atoms with E-state index in [4.69, 9.17) is 11.6 Å². The van der Waals surface area contributed by atoms with Gasteiger partial charge in [-0.05, 0) is 24.6 Å². The van der Waals surface area contributed by atoms with Crippen LogP contribution in [-0.4, -0.2) is 10.1 Å².